The molecule has 1 fully saturated rings. The quantitative estimate of drug-likeness (QED) is 0.908. The molecule has 0 saturated carbocycles. The number of hydrogen-bond acceptors (Lipinski definition) is 7. The lowest BCUT2D eigenvalue weighted by Gasteiger charge is -2.27. The van der Waals surface area contributed by atoms with Gasteiger partial charge in [-0.2, -0.15) is 0 Å². The van der Waals surface area contributed by atoms with E-state index in [2.05, 4.69) is 20.4 Å². The summed E-state index contributed by atoms with van der Waals surface area (Å²) in [5.74, 6) is 1.71. The van der Waals surface area contributed by atoms with Crippen molar-refractivity contribution in [2.75, 3.05) is 43.3 Å². The molecule has 4 rings (SSSR count). The number of aromatic nitrogens is 2. The van der Waals surface area contributed by atoms with E-state index >= 15 is 0 Å². The molecule has 2 aliphatic rings. The van der Waals surface area contributed by atoms with Crippen molar-refractivity contribution < 1.29 is 19.0 Å². The maximum Gasteiger partial charge on any atom is 0.276 e. The first-order valence-corrected chi connectivity index (χ1v) is 7.67. The van der Waals surface area contributed by atoms with Crippen molar-refractivity contribution in [2.24, 2.45) is 0 Å². The number of fused-ring (bicyclic) bond motifs is 1. The highest BCUT2D eigenvalue weighted by molar-refractivity contribution is 6.03. The van der Waals surface area contributed by atoms with Crippen molar-refractivity contribution in [1.29, 1.82) is 0 Å². The second kappa shape index (κ2) is 6.32. The molecule has 1 saturated heterocycles. The van der Waals surface area contributed by atoms with Gasteiger partial charge in [-0.25, -0.2) is 0 Å². The number of amides is 1. The van der Waals surface area contributed by atoms with Gasteiger partial charge in [0, 0.05) is 24.8 Å². The van der Waals surface area contributed by atoms with Crippen LogP contribution in [0.4, 0.5) is 11.5 Å². The van der Waals surface area contributed by atoms with Crippen LogP contribution in [0, 0.1) is 0 Å². The van der Waals surface area contributed by atoms with Gasteiger partial charge in [-0.3, -0.25) is 4.79 Å². The highest BCUT2D eigenvalue weighted by Gasteiger charge is 2.17. The molecule has 8 heteroatoms. The van der Waals surface area contributed by atoms with Crippen LogP contribution < -0.4 is 19.7 Å². The van der Waals surface area contributed by atoms with Gasteiger partial charge in [-0.1, -0.05) is 0 Å². The largest absolute Gasteiger partial charge is 0.454 e. The SMILES string of the molecule is O=C(Nc1ccc2c(c1)OCO2)c1ccc(N2CCOCC2)nn1. The van der Waals surface area contributed by atoms with Crippen LogP contribution in [0.15, 0.2) is 30.3 Å². The fourth-order valence-corrected chi connectivity index (χ4v) is 2.58. The molecule has 8 nitrogen and oxygen atoms in total. The summed E-state index contributed by atoms with van der Waals surface area (Å²) in [6.45, 7) is 3.10. The predicted molar refractivity (Wildman–Crippen MR) is 85.6 cm³/mol. The van der Waals surface area contributed by atoms with E-state index in [1.807, 2.05) is 0 Å². The van der Waals surface area contributed by atoms with Gasteiger partial charge in [-0.15, -0.1) is 10.2 Å². The number of ether oxygens (including phenoxy) is 3. The van der Waals surface area contributed by atoms with Crippen molar-refractivity contribution in [3.05, 3.63) is 36.0 Å². The van der Waals surface area contributed by atoms with E-state index in [-0.39, 0.29) is 18.4 Å². The number of morpholine rings is 1. The Morgan fingerprint density at radius 2 is 1.88 bits per heavy atom. The molecule has 0 bridgehead atoms. The first-order chi connectivity index (χ1) is 11.8. The van der Waals surface area contributed by atoms with Crippen molar-refractivity contribution >= 4 is 17.4 Å². The molecule has 2 aliphatic heterocycles. The Hall–Kier alpha value is -2.87. The summed E-state index contributed by atoms with van der Waals surface area (Å²) in [4.78, 5) is 14.4. The van der Waals surface area contributed by atoms with E-state index in [4.69, 9.17) is 14.2 Å². The fraction of sp³-hybridized carbons (Fsp3) is 0.312. The van der Waals surface area contributed by atoms with Gasteiger partial charge >= 0.3 is 0 Å². The monoisotopic (exact) mass is 328 g/mol. The van der Waals surface area contributed by atoms with Gasteiger partial charge in [0.2, 0.25) is 6.79 Å². The van der Waals surface area contributed by atoms with E-state index in [9.17, 15) is 4.79 Å². The third-order valence-corrected chi connectivity index (χ3v) is 3.85. The zero-order valence-electron chi connectivity index (χ0n) is 12.9. The lowest BCUT2D eigenvalue weighted by atomic mass is 10.2. The van der Waals surface area contributed by atoms with E-state index in [0.29, 0.717) is 30.4 Å². The molecule has 0 unspecified atom stereocenters. The van der Waals surface area contributed by atoms with Crippen LogP contribution in [0.2, 0.25) is 0 Å². The van der Waals surface area contributed by atoms with Gasteiger partial charge < -0.3 is 24.4 Å². The summed E-state index contributed by atoms with van der Waals surface area (Å²) in [6.07, 6.45) is 0. The van der Waals surface area contributed by atoms with Crippen LogP contribution in [-0.4, -0.2) is 49.2 Å². The molecule has 1 aromatic carbocycles. The van der Waals surface area contributed by atoms with Gasteiger partial charge in [0.05, 0.1) is 13.2 Å². The molecule has 2 aromatic rings. The molecular weight excluding hydrogens is 312 g/mol. The van der Waals surface area contributed by atoms with E-state index in [1.54, 1.807) is 30.3 Å². The number of hydrogen-bond donors (Lipinski definition) is 1. The number of nitrogens with one attached hydrogen (secondary N) is 1. The molecule has 124 valence electrons. The van der Waals surface area contributed by atoms with E-state index < -0.39 is 0 Å². The van der Waals surface area contributed by atoms with Crippen LogP contribution >= 0.6 is 0 Å². The zero-order chi connectivity index (χ0) is 16.4. The Balaban J connectivity index is 1.44. The van der Waals surface area contributed by atoms with Gasteiger partial charge in [0.1, 0.15) is 0 Å². The topological polar surface area (TPSA) is 85.8 Å². The van der Waals surface area contributed by atoms with Crippen LogP contribution in [0.3, 0.4) is 0 Å². The molecule has 1 N–H and O–H groups in total. The predicted octanol–water partition coefficient (Wildman–Crippen LogP) is 1.29. The van der Waals surface area contributed by atoms with E-state index in [1.165, 1.54) is 0 Å². The lowest BCUT2D eigenvalue weighted by Crippen LogP contribution is -2.37. The van der Waals surface area contributed by atoms with Gasteiger partial charge in [0.15, 0.2) is 23.0 Å². The Morgan fingerprint density at radius 3 is 2.67 bits per heavy atom. The number of carbonyl (C=O) groups excluding carboxylic acids is 1. The third-order valence-electron chi connectivity index (χ3n) is 3.85. The normalized spacial score (nSPS) is 16.1. The van der Waals surface area contributed by atoms with Crippen molar-refractivity contribution in [2.45, 2.75) is 0 Å². The van der Waals surface area contributed by atoms with Crippen molar-refractivity contribution in [3.8, 4) is 11.5 Å². The highest BCUT2D eigenvalue weighted by Crippen LogP contribution is 2.34. The average Bonchev–Trinajstić information content (AvgIpc) is 3.10. The molecule has 0 atom stereocenters. The lowest BCUT2D eigenvalue weighted by molar-refractivity contribution is 0.102. The molecule has 0 radical (unpaired) electrons. The summed E-state index contributed by atoms with van der Waals surface area (Å²) in [5, 5.41) is 10.9. The Labute approximate surface area is 138 Å². The number of rotatable bonds is 3. The average molecular weight is 328 g/mol. The molecular formula is C16H16N4O4. The molecule has 24 heavy (non-hydrogen) atoms. The van der Waals surface area contributed by atoms with Gasteiger partial charge in [-0.05, 0) is 24.3 Å². The first-order valence-electron chi connectivity index (χ1n) is 7.67. The maximum absolute atomic E-state index is 12.3. The summed E-state index contributed by atoms with van der Waals surface area (Å²) >= 11 is 0. The molecule has 0 spiro atoms. The number of benzene rings is 1. The smallest absolute Gasteiger partial charge is 0.276 e. The minimum Gasteiger partial charge on any atom is -0.454 e. The molecule has 1 aromatic heterocycles. The second-order valence-corrected chi connectivity index (χ2v) is 5.40. The summed E-state index contributed by atoms with van der Waals surface area (Å²) in [7, 11) is 0. The zero-order valence-corrected chi connectivity index (χ0v) is 12.9. The molecule has 1 amide bonds. The van der Waals surface area contributed by atoms with Crippen LogP contribution in [0.5, 0.6) is 11.5 Å². The minimum atomic E-state index is -0.324. The number of nitrogens with zero attached hydrogens (tertiary/aromatic N) is 3. The molecule has 0 aliphatic carbocycles. The van der Waals surface area contributed by atoms with E-state index in [0.717, 1.165) is 18.9 Å². The maximum atomic E-state index is 12.3. The fourth-order valence-electron chi connectivity index (χ4n) is 2.58. The first kappa shape index (κ1) is 14.7. The van der Waals surface area contributed by atoms with Crippen LogP contribution in [-0.2, 0) is 4.74 Å². The van der Waals surface area contributed by atoms with Crippen LogP contribution in [0.25, 0.3) is 0 Å². The van der Waals surface area contributed by atoms with Crippen molar-refractivity contribution in [3.63, 3.8) is 0 Å². The van der Waals surface area contributed by atoms with Crippen molar-refractivity contribution in [1.82, 2.24) is 10.2 Å². The summed E-state index contributed by atoms with van der Waals surface area (Å²) < 4.78 is 15.8. The summed E-state index contributed by atoms with van der Waals surface area (Å²) in [6, 6.07) is 8.69. The summed E-state index contributed by atoms with van der Waals surface area (Å²) in [5.41, 5.74) is 0.869. The molecule has 3 heterocycles. The Bertz CT molecular complexity index is 744. The van der Waals surface area contributed by atoms with Gasteiger partial charge in [0.25, 0.3) is 5.91 Å². The third kappa shape index (κ3) is 2.95. The Kier molecular flexibility index (Phi) is 3.87. The highest BCUT2D eigenvalue weighted by atomic mass is 16.7. The number of anilines is 2. The minimum absolute atomic E-state index is 0.196. The standard InChI is InChI=1S/C16H16N4O4/c21-16(17-11-1-3-13-14(9-11)24-10-23-13)12-2-4-15(19-18-12)20-5-7-22-8-6-20/h1-4,9H,5-8,10H2,(H,17,21). The van der Waals surface area contributed by atoms with Crippen LogP contribution in [0.1, 0.15) is 10.5 Å². The Morgan fingerprint density at radius 1 is 1.04 bits per heavy atom. The number of carbonyl (C=O) groups is 1. The second-order valence-electron chi connectivity index (χ2n) is 5.40.